The van der Waals surface area contributed by atoms with Gasteiger partial charge >= 0.3 is 0 Å². The molecule has 0 spiro atoms. The van der Waals surface area contributed by atoms with Crippen LogP contribution in [-0.2, 0) is 102 Å². The highest BCUT2D eigenvalue weighted by Gasteiger charge is 2.21. The van der Waals surface area contributed by atoms with Crippen LogP contribution in [0.25, 0.3) is 0 Å². The fraction of sp³-hybridized carbons (Fsp3) is 0.705. The third-order valence-corrected chi connectivity index (χ3v) is 13.1. The maximum Gasteiger partial charge on any atom is 0.140 e. The van der Waals surface area contributed by atoms with Crippen molar-refractivity contribution < 1.29 is 18.3 Å². The van der Waals surface area contributed by atoms with Gasteiger partial charge in [-0.1, -0.05) is 130 Å². The Morgan fingerprint density at radius 3 is 1.68 bits per heavy atom. The van der Waals surface area contributed by atoms with Gasteiger partial charge in [0.25, 0.3) is 0 Å². The van der Waals surface area contributed by atoms with Crippen LogP contribution in [-0.4, -0.2) is 77.3 Å². The number of aromatic nitrogens is 14. The summed E-state index contributed by atoms with van der Waals surface area (Å²) in [5, 5.41) is 42.8. The summed E-state index contributed by atoms with van der Waals surface area (Å²) in [4.78, 5) is 0. The molecule has 1 aliphatic carbocycles. The molecule has 18 nitrogen and oxygen atoms in total. The molecule has 11 rings (SSSR count). The first-order valence-electron chi connectivity index (χ1n) is 29.5. The molecule has 4 aliphatic rings. The molecule has 18 heteroatoms. The summed E-state index contributed by atoms with van der Waals surface area (Å²) in [6.45, 7) is 35.4. The van der Waals surface area contributed by atoms with Gasteiger partial charge in [-0.05, 0) is 137 Å². The van der Waals surface area contributed by atoms with E-state index in [2.05, 4.69) is 172 Å². The molecule has 0 saturated heterocycles. The van der Waals surface area contributed by atoms with Crippen molar-refractivity contribution in [1.82, 2.24) is 70.6 Å². The quantitative estimate of drug-likeness (QED) is 0.107. The van der Waals surface area contributed by atoms with Crippen LogP contribution in [0.4, 0.5) is 0 Å². The smallest absolute Gasteiger partial charge is 0.140 e. The number of hydrogen-bond acceptors (Lipinski definition) is 14. The summed E-state index contributed by atoms with van der Waals surface area (Å²) in [6, 6.07) is 3.81. The predicted molar refractivity (Wildman–Crippen MR) is 312 cm³/mol. The molecule has 7 aromatic heterocycles. The zero-order valence-corrected chi connectivity index (χ0v) is 50.3. The summed E-state index contributed by atoms with van der Waals surface area (Å²) in [7, 11) is 0. The highest BCUT2D eigenvalue weighted by molar-refractivity contribution is 5.25. The molecule has 440 valence electrons. The Morgan fingerprint density at radius 1 is 0.532 bits per heavy atom. The molecule has 79 heavy (non-hydrogen) atoms. The van der Waals surface area contributed by atoms with Crippen LogP contribution in [0, 0.1) is 41.4 Å². The van der Waals surface area contributed by atoms with Crippen molar-refractivity contribution in [1.29, 1.82) is 0 Å². The monoisotopic (exact) mass is 1090 g/mol. The number of nitrogens with one attached hydrogen (secondary N) is 1. The molecule has 0 bridgehead atoms. The van der Waals surface area contributed by atoms with Gasteiger partial charge < -0.3 is 18.3 Å². The van der Waals surface area contributed by atoms with Gasteiger partial charge in [0.15, 0.2) is 0 Å². The Kier molecular flexibility index (Phi) is 29.2. The van der Waals surface area contributed by atoms with Crippen molar-refractivity contribution in [3.05, 3.63) is 105 Å². The van der Waals surface area contributed by atoms with Gasteiger partial charge in [0.2, 0.25) is 0 Å². The SMILES string of the molecule is C.CC(C)Cc1ccno1.CC(C)Cc1ccon1.CC(C)Cc1cn[nH]n1.CC(C)Cc1cnn2c1COCC2.CC(C)Cc1nnn2c1CCC2.CC(C)Cc1nnn2c1CCCC2.CC(C)Cc1noc2c1CCCC2. The van der Waals surface area contributed by atoms with Crippen LogP contribution < -0.4 is 0 Å². The van der Waals surface area contributed by atoms with E-state index in [9.17, 15) is 0 Å². The molecule has 0 atom stereocenters. The van der Waals surface area contributed by atoms with Crippen LogP contribution in [0.1, 0.15) is 205 Å². The summed E-state index contributed by atoms with van der Waals surface area (Å²) < 4.78 is 26.5. The average molecular weight is 1100 g/mol. The van der Waals surface area contributed by atoms with E-state index in [0.717, 1.165) is 107 Å². The van der Waals surface area contributed by atoms with E-state index in [1.165, 1.54) is 96.7 Å². The largest absolute Gasteiger partial charge is 0.373 e. The standard InChI is InChI=1S/C11H17NO.C10H17N3.C10H16N2O.C9H15N3.2C7H11NO.C6H11N3.CH4/c1-8(2)7-10-9-5-3-4-6-11(9)13-12-10;1-8(2)7-9-10-5-3-4-6-13(10)12-11-9;1-8(2)5-9-6-11-12-3-4-13-7-10(9)12;1-7(2)6-8-9-4-3-5-12(9)11-10-8;1-6(2)5-7-3-4-9-8-7;1-6(2)5-7-3-4-8-9-7;1-5(2)3-6-4-7-9-8-6;/h2*8H,3-7H2,1-2H3;6,8H,3-5,7H2,1-2H3;7H,3-6H2,1-2H3;2*3-4,6H,5H2,1-2H3;4-5H,3H2,1-2H3,(H,7,8,9);1H4. The molecule has 0 aromatic carbocycles. The number of ether oxygens (including phenoxy) is 1. The summed E-state index contributed by atoms with van der Waals surface area (Å²) >= 11 is 0. The van der Waals surface area contributed by atoms with Gasteiger partial charge in [0, 0.05) is 43.6 Å². The fourth-order valence-corrected chi connectivity index (χ4v) is 9.67. The second-order valence-electron chi connectivity index (χ2n) is 24.2. The van der Waals surface area contributed by atoms with E-state index in [4.69, 9.17) is 13.8 Å². The van der Waals surface area contributed by atoms with Gasteiger partial charge in [-0.2, -0.15) is 20.5 Å². The molecule has 0 radical (unpaired) electrons. The number of hydrogen-bond donors (Lipinski definition) is 1. The molecule has 7 aromatic rings. The highest BCUT2D eigenvalue weighted by atomic mass is 16.5. The molecule has 10 heterocycles. The highest BCUT2D eigenvalue weighted by Crippen LogP contribution is 2.26. The lowest BCUT2D eigenvalue weighted by Crippen LogP contribution is -2.18. The zero-order valence-electron chi connectivity index (χ0n) is 50.3. The van der Waals surface area contributed by atoms with Gasteiger partial charge in [-0.25, -0.2) is 9.36 Å². The lowest BCUT2D eigenvalue weighted by Gasteiger charge is -2.16. The molecule has 0 saturated carbocycles. The van der Waals surface area contributed by atoms with Gasteiger partial charge in [0.1, 0.15) is 17.8 Å². The number of H-pyrrole nitrogens is 1. The van der Waals surface area contributed by atoms with E-state index >= 15 is 0 Å². The van der Waals surface area contributed by atoms with Crippen molar-refractivity contribution in [2.24, 2.45) is 41.4 Å². The molecule has 3 aliphatic heterocycles. The number of aryl methyl sites for hydroxylation is 3. The molecule has 0 fully saturated rings. The first kappa shape index (κ1) is 65.7. The van der Waals surface area contributed by atoms with Crippen molar-refractivity contribution in [3.63, 3.8) is 0 Å². The summed E-state index contributed by atoms with van der Waals surface area (Å²) in [6.07, 6.45) is 25.4. The number of fused-ring (bicyclic) bond motifs is 4. The molecule has 1 N–H and O–H groups in total. The van der Waals surface area contributed by atoms with E-state index in [1.54, 1.807) is 18.7 Å². The van der Waals surface area contributed by atoms with Crippen LogP contribution in [0.5, 0.6) is 0 Å². The third-order valence-electron chi connectivity index (χ3n) is 13.1. The van der Waals surface area contributed by atoms with Crippen LogP contribution >= 0.6 is 0 Å². The van der Waals surface area contributed by atoms with Crippen molar-refractivity contribution in [2.75, 3.05) is 6.61 Å². The molecule has 0 unspecified atom stereocenters. The zero-order chi connectivity index (χ0) is 56.4. The van der Waals surface area contributed by atoms with Crippen LogP contribution in [0.3, 0.4) is 0 Å². The summed E-state index contributed by atoms with van der Waals surface area (Å²) in [5.74, 6) is 6.84. The first-order chi connectivity index (χ1) is 37.4. The van der Waals surface area contributed by atoms with Crippen molar-refractivity contribution in [3.8, 4) is 0 Å². The Morgan fingerprint density at radius 2 is 1.11 bits per heavy atom. The molecular weight excluding hydrogens is 993 g/mol. The maximum atomic E-state index is 5.42. The van der Waals surface area contributed by atoms with Crippen LogP contribution in [0.15, 0.2) is 50.6 Å². The molecular formula is C61H102N14O4. The maximum absolute atomic E-state index is 5.42. The number of rotatable bonds is 14. The van der Waals surface area contributed by atoms with E-state index in [-0.39, 0.29) is 7.43 Å². The summed E-state index contributed by atoms with van der Waals surface area (Å²) in [5.41, 5.74) is 12.6. The van der Waals surface area contributed by atoms with E-state index in [0.29, 0.717) is 41.4 Å². The Bertz CT molecular complexity index is 2380. The van der Waals surface area contributed by atoms with Crippen LogP contribution in [0.2, 0.25) is 0 Å². The lowest BCUT2D eigenvalue weighted by atomic mass is 9.94. The number of nitrogens with zero attached hydrogens (tertiary/aromatic N) is 13. The predicted octanol–water partition coefficient (Wildman–Crippen LogP) is 13.0. The van der Waals surface area contributed by atoms with Gasteiger partial charge in [-0.15, -0.1) is 10.2 Å². The molecule has 0 amide bonds. The number of aromatic amines is 1. The second-order valence-corrected chi connectivity index (χ2v) is 24.2. The van der Waals surface area contributed by atoms with Gasteiger partial charge in [0.05, 0.1) is 83.9 Å². The van der Waals surface area contributed by atoms with E-state index < -0.39 is 0 Å². The van der Waals surface area contributed by atoms with E-state index in [1.807, 2.05) is 18.3 Å². The Balaban J connectivity index is 0.000000199. The minimum Gasteiger partial charge on any atom is -0.373 e. The Hall–Kier alpha value is -5.78. The van der Waals surface area contributed by atoms with Crippen molar-refractivity contribution >= 4 is 0 Å². The lowest BCUT2D eigenvalue weighted by molar-refractivity contribution is 0.0793. The normalized spacial score (nSPS) is 14.0. The average Bonchev–Trinajstić information content (AvgIpc) is 4.24. The minimum absolute atomic E-state index is 0. The Labute approximate surface area is 473 Å². The van der Waals surface area contributed by atoms with Gasteiger partial charge in [-0.3, -0.25) is 4.68 Å². The fourth-order valence-electron chi connectivity index (χ4n) is 9.67. The third kappa shape index (κ3) is 23.8. The topological polar surface area (TPSA) is 208 Å². The second kappa shape index (κ2) is 35.1. The minimum atomic E-state index is 0. The first-order valence-corrected chi connectivity index (χ1v) is 29.5. The van der Waals surface area contributed by atoms with Crippen molar-refractivity contribution in [2.45, 2.75) is 233 Å².